The zero-order valence-corrected chi connectivity index (χ0v) is 14.8. The lowest BCUT2D eigenvalue weighted by Gasteiger charge is -2.36. The average Bonchev–Trinajstić information content (AvgIpc) is 3.12. The van der Waals surface area contributed by atoms with Crippen molar-refractivity contribution in [2.45, 2.75) is 26.3 Å². The molecule has 2 heterocycles. The normalized spacial score (nSPS) is 16.8. The predicted octanol–water partition coefficient (Wildman–Crippen LogP) is 1.60. The number of benzene rings is 1. The Labute approximate surface area is 147 Å². The average molecular weight is 343 g/mol. The molecule has 2 aromatic rings. The summed E-state index contributed by atoms with van der Waals surface area (Å²) in [7, 11) is 0. The number of hydrogen-bond donors (Lipinski definition) is 1. The molecule has 1 fully saturated rings. The van der Waals surface area contributed by atoms with Gasteiger partial charge in [0.15, 0.2) is 0 Å². The molecule has 0 spiro atoms. The van der Waals surface area contributed by atoms with Gasteiger partial charge in [0.25, 0.3) is 0 Å². The molecular formula is C18H25N5O2. The summed E-state index contributed by atoms with van der Waals surface area (Å²) in [5.41, 5.74) is 7.61. The van der Waals surface area contributed by atoms with Crippen molar-refractivity contribution in [3.63, 3.8) is 0 Å². The van der Waals surface area contributed by atoms with E-state index >= 15 is 0 Å². The number of aromatic nitrogens is 2. The Bertz CT molecular complexity index is 705. The predicted molar refractivity (Wildman–Crippen MR) is 94.7 cm³/mol. The Morgan fingerprint density at radius 1 is 1.24 bits per heavy atom. The largest absolute Gasteiger partial charge is 0.340 e. The Morgan fingerprint density at radius 3 is 2.56 bits per heavy atom. The summed E-state index contributed by atoms with van der Waals surface area (Å²) >= 11 is 0. The van der Waals surface area contributed by atoms with Crippen LogP contribution in [-0.4, -0.2) is 58.6 Å². The van der Waals surface area contributed by atoms with Crippen LogP contribution in [0.25, 0.3) is 11.4 Å². The van der Waals surface area contributed by atoms with Gasteiger partial charge in [0.1, 0.15) is 0 Å². The Balaban J connectivity index is 1.62. The van der Waals surface area contributed by atoms with Gasteiger partial charge in [0.05, 0.1) is 6.04 Å². The van der Waals surface area contributed by atoms with E-state index < -0.39 is 0 Å². The molecule has 0 bridgehead atoms. The van der Waals surface area contributed by atoms with Gasteiger partial charge in [-0.15, -0.1) is 0 Å². The number of rotatable bonds is 5. The van der Waals surface area contributed by atoms with Crippen molar-refractivity contribution in [3.8, 4) is 11.4 Å². The maximum absolute atomic E-state index is 11.9. The molecule has 1 unspecified atom stereocenters. The highest BCUT2D eigenvalue weighted by molar-refractivity contribution is 5.76. The van der Waals surface area contributed by atoms with Crippen molar-refractivity contribution in [2.75, 3.05) is 32.7 Å². The van der Waals surface area contributed by atoms with Crippen LogP contribution in [0, 0.1) is 6.92 Å². The second-order valence-electron chi connectivity index (χ2n) is 6.45. The third kappa shape index (κ3) is 4.05. The first-order chi connectivity index (χ1) is 12.1. The quantitative estimate of drug-likeness (QED) is 0.887. The minimum atomic E-state index is 0.0264. The van der Waals surface area contributed by atoms with Crippen LogP contribution in [0.4, 0.5) is 0 Å². The fraction of sp³-hybridized carbons (Fsp3) is 0.500. The van der Waals surface area contributed by atoms with E-state index in [1.54, 1.807) is 0 Å². The molecule has 1 saturated heterocycles. The standard InChI is InChI=1S/C18H25N5O2/c1-13-3-5-15(6-4-13)17-20-18(25-21-17)14(2)22-9-11-23(12-10-22)16(24)7-8-19/h3-6,14H,7-12,19H2,1-2H3. The highest BCUT2D eigenvalue weighted by atomic mass is 16.5. The summed E-state index contributed by atoms with van der Waals surface area (Å²) in [4.78, 5) is 20.6. The van der Waals surface area contributed by atoms with Crippen molar-refractivity contribution in [1.82, 2.24) is 19.9 Å². The monoisotopic (exact) mass is 343 g/mol. The van der Waals surface area contributed by atoms with Crippen LogP contribution < -0.4 is 5.73 Å². The molecule has 1 amide bonds. The molecule has 1 aromatic heterocycles. The van der Waals surface area contributed by atoms with Crippen molar-refractivity contribution in [3.05, 3.63) is 35.7 Å². The van der Waals surface area contributed by atoms with E-state index in [4.69, 9.17) is 10.3 Å². The van der Waals surface area contributed by atoms with E-state index in [-0.39, 0.29) is 11.9 Å². The summed E-state index contributed by atoms with van der Waals surface area (Å²) in [5, 5.41) is 4.11. The molecule has 1 aliphatic rings. The van der Waals surface area contributed by atoms with Crippen LogP contribution in [0.2, 0.25) is 0 Å². The number of carbonyl (C=O) groups is 1. The van der Waals surface area contributed by atoms with Crippen molar-refractivity contribution < 1.29 is 9.32 Å². The highest BCUT2D eigenvalue weighted by Gasteiger charge is 2.27. The SMILES string of the molecule is Cc1ccc(-c2noc(C(C)N3CCN(C(=O)CCN)CC3)n2)cc1. The second kappa shape index (κ2) is 7.76. The van der Waals surface area contributed by atoms with Gasteiger partial charge < -0.3 is 15.2 Å². The molecule has 0 aliphatic carbocycles. The van der Waals surface area contributed by atoms with E-state index in [0.717, 1.165) is 18.7 Å². The van der Waals surface area contributed by atoms with Gasteiger partial charge in [-0.05, 0) is 13.8 Å². The molecule has 7 heteroatoms. The number of nitrogens with zero attached hydrogens (tertiary/aromatic N) is 4. The summed E-state index contributed by atoms with van der Waals surface area (Å²) in [6, 6.07) is 8.09. The molecular weight excluding hydrogens is 318 g/mol. The van der Waals surface area contributed by atoms with Crippen molar-refractivity contribution in [1.29, 1.82) is 0 Å². The third-order valence-electron chi connectivity index (χ3n) is 4.68. The molecule has 2 N–H and O–H groups in total. The molecule has 1 aliphatic heterocycles. The maximum Gasteiger partial charge on any atom is 0.244 e. The van der Waals surface area contributed by atoms with Gasteiger partial charge in [-0.2, -0.15) is 4.98 Å². The second-order valence-corrected chi connectivity index (χ2v) is 6.45. The Morgan fingerprint density at radius 2 is 1.92 bits per heavy atom. The molecule has 7 nitrogen and oxygen atoms in total. The van der Waals surface area contributed by atoms with Crippen LogP contribution in [0.15, 0.2) is 28.8 Å². The molecule has 25 heavy (non-hydrogen) atoms. The lowest BCUT2D eigenvalue weighted by atomic mass is 10.1. The van der Waals surface area contributed by atoms with E-state index in [9.17, 15) is 4.79 Å². The number of nitrogens with two attached hydrogens (primary N) is 1. The summed E-state index contributed by atoms with van der Waals surface area (Å²) in [5.74, 6) is 1.35. The number of hydrogen-bond acceptors (Lipinski definition) is 6. The Kier molecular flexibility index (Phi) is 5.45. The molecule has 134 valence electrons. The van der Waals surface area contributed by atoms with Crippen LogP contribution in [0.5, 0.6) is 0 Å². The lowest BCUT2D eigenvalue weighted by molar-refractivity contribution is -0.133. The molecule has 0 saturated carbocycles. The minimum absolute atomic E-state index is 0.0264. The third-order valence-corrected chi connectivity index (χ3v) is 4.68. The van der Waals surface area contributed by atoms with E-state index in [2.05, 4.69) is 22.0 Å². The first-order valence-electron chi connectivity index (χ1n) is 8.71. The van der Waals surface area contributed by atoms with Gasteiger partial charge in [-0.1, -0.05) is 35.0 Å². The van der Waals surface area contributed by atoms with Gasteiger partial charge >= 0.3 is 0 Å². The van der Waals surface area contributed by atoms with Crippen LogP contribution >= 0.6 is 0 Å². The maximum atomic E-state index is 11.9. The minimum Gasteiger partial charge on any atom is -0.340 e. The van der Waals surface area contributed by atoms with Gasteiger partial charge in [-0.3, -0.25) is 9.69 Å². The van der Waals surface area contributed by atoms with Crippen LogP contribution in [0.3, 0.4) is 0 Å². The zero-order valence-electron chi connectivity index (χ0n) is 14.8. The number of amides is 1. The number of carbonyl (C=O) groups excluding carboxylic acids is 1. The van der Waals surface area contributed by atoms with Crippen LogP contribution in [-0.2, 0) is 4.79 Å². The van der Waals surface area contributed by atoms with E-state index in [0.29, 0.717) is 37.8 Å². The highest BCUT2D eigenvalue weighted by Crippen LogP contribution is 2.23. The van der Waals surface area contributed by atoms with Crippen LogP contribution in [0.1, 0.15) is 30.8 Å². The summed E-state index contributed by atoms with van der Waals surface area (Å²) < 4.78 is 5.48. The Hall–Kier alpha value is -2.25. The van der Waals surface area contributed by atoms with Crippen molar-refractivity contribution in [2.24, 2.45) is 5.73 Å². The van der Waals surface area contributed by atoms with E-state index in [1.165, 1.54) is 5.56 Å². The fourth-order valence-electron chi connectivity index (χ4n) is 3.02. The number of aryl methyl sites for hydroxylation is 1. The smallest absolute Gasteiger partial charge is 0.244 e. The molecule has 3 rings (SSSR count). The first kappa shape index (κ1) is 17.6. The fourth-order valence-corrected chi connectivity index (χ4v) is 3.02. The first-order valence-corrected chi connectivity index (χ1v) is 8.71. The summed E-state index contributed by atoms with van der Waals surface area (Å²) in [6.07, 6.45) is 0.416. The molecule has 1 aromatic carbocycles. The van der Waals surface area contributed by atoms with Gasteiger partial charge in [0, 0.05) is 44.7 Å². The lowest BCUT2D eigenvalue weighted by Crippen LogP contribution is -2.49. The molecule has 0 radical (unpaired) electrons. The van der Waals surface area contributed by atoms with E-state index in [1.807, 2.05) is 36.1 Å². The van der Waals surface area contributed by atoms with Crippen molar-refractivity contribution >= 4 is 5.91 Å². The van der Waals surface area contributed by atoms with Gasteiger partial charge in [0.2, 0.25) is 17.6 Å². The zero-order chi connectivity index (χ0) is 17.8. The number of piperazine rings is 1. The molecule has 1 atom stereocenters. The summed E-state index contributed by atoms with van der Waals surface area (Å²) in [6.45, 7) is 7.51. The topological polar surface area (TPSA) is 88.5 Å². The van der Waals surface area contributed by atoms with Gasteiger partial charge in [-0.25, -0.2) is 0 Å².